The number of hydrogen-bond donors (Lipinski definition) is 1. The molecule has 1 N–H and O–H groups in total. The number of nitrogens with one attached hydrogen (secondary N) is 1. The molecule has 3 rings (SSSR count). The topological polar surface area (TPSA) is 69.0 Å². The number of carbonyl (C=O) groups excluding carboxylic acids is 1. The van der Waals surface area contributed by atoms with Crippen molar-refractivity contribution in [2.75, 3.05) is 11.1 Å². The number of amides is 1. The van der Waals surface area contributed by atoms with E-state index in [4.69, 9.17) is 4.74 Å². The molecule has 0 aliphatic carbocycles. The van der Waals surface area contributed by atoms with Gasteiger partial charge < -0.3 is 14.6 Å². The van der Waals surface area contributed by atoms with Crippen molar-refractivity contribution in [3.05, 3.63) is 64.4 Å². The number of aryl methyl sites for hydroxylation is 1. The van der Waals surface area contributed by atoms with Crippen LogP contribution in [0.25, 0.3) is 0 Å². The van der Waals surface area contributed by atoms with E-state index in [0.717, 1.165) is 27.3 Å². The third kappa shape index (κ3) is 5.61. The second kappa shape index (κ2) is 9.93. The molecule has 152 valence electrons. The Kier molecular flexibility index (Phi) is 7.33. The van der Waals surface area contributed by atoms with Gasteiger partial charge in [0.25, 0.3) is 0 Å². The van der Waals surface area contributed by atoms with Crippen LogP contribution in [0.15, 0.2) is 58.2 Å². The molecule has 0 aliphatic heterocycles. The molecule has 0 radical (unpaired) electrons. The Bertz CT molecular complexity index is 978. The van der Waals surface area contributed by atoms with E-state index in [2.05, 4.69) is 31.4 Å². The molecule has 1 amide bonds. The van der Waals surface area contributed by atoms with Gasteiger partial charge in [-0.05, 0) is 56.7 Å². The van der Waals surface area contributed by atoms with Crippen molar-refractivity contribution in [3.63, 3.8) is 0 Å². The van der Waals surface area contributed by atoms with Gasteiger partial charge >= 0.3 is 0 Å². The quantitative estimate of drug-likeness (QED) is 0.452. The summed E-state index contributed by atoms with van der Waals surface area (Å²) in [6.07, 6.45) is -0.251. The van der Waals surface area contributed by atoms with E-state index >= 15 is 0 Å². The van der Waals surface area contributed by atoms with Crippen molar-refractivity contribution < 1.29 is 9.53 Å². The summed E-state index contributed by atoms with van der Waals surface area (Å²) in [5, 5.41) is 12.2. The lowest BCUT2D eigenvalue weighted by molar-refractivity contribution is -0.113. The zero-order chi connectivity index (χ0) is 20.8. The van der Waals surface area contributed by atoms with Crippen LogP contribution in [0.2, 0.25) is 0 Å². The van der Waals surface area contributed by atoms with Crippen LogP contribution in [0.3, 0.4) is 0 Å². The second-order valence-corrected chi connectivity index (χ2v) is 8.31. The van der Waals surface area contributed by atoms with Crippen molar-refractivity contribution in [3.8, 4) is 5.75 Å². The number of para-hydroxylation sites is 1. The van der Waals surface area contributed by atoms with E-state index in [1.165, 1.54) is 11.8 Å². The smallest absolute Gasteiger partial charge is 0.234 e. The number of benzene rings is 2. The highest BCUT2D eigenvalue weighted by molar-refractivity contribution is 9.10. The number of aromatic nitrogens is 3. The highest BCUT2D eigenvalue weighted by Crippen LogP contribution is 2.25. The largest absolute Gasteiger partial charge is 0.483 e. The van der Waals surface area contributed by atoms with E-state index in [1.54, 1.807) is 0 Å². The molecule has 2 aromatic carbocycles. The molecule has 6 nitrogen and oxygen atoms in total. The lowest BCUT2D eigenvalue weighted by Crippen LogP contribution is -2.16. The van der Waals surface area contributed by atoms with Crippen LogP contribution in [-0.2, 0) is 11.3 Å². The first-order valence-electron chi connectivity index (χ1n) is 9.31. The Hall–Kier alpha value is -2.32. The van der Waals surface area contributed by atoms with Gasteiger partial charge in [0.2, 0.25) is 5.91 Å². The van der Waals surface area contributed by atoms with Crippen molar-refractivity contribution in [2.24, 2.45) is 0 Å². The number of rotatable bonds is 8. The van der Waals surface area contributed by atoms with Crippen molar-refractivity contribution in [1.29, 1.82) is 0 Å². The van der Waals surface area contributed by atoms with E-state index in [0.29, 0.717) is 11.7 Å². The van der Waals surface area contributed by atoms with E-state index in [9.17, 15) is 4.79 Å². The van der Waals surface area contributed by atoms with Crippen LogP contribution in [-0.4, -0.2) is 26.4 Å². The van der Waals surface area contributed by atoms with Crippen LogP contribution >= 0.6 is 27.7 Å². The molecule has 0 spiro atoms. The number of thioether (sulfide) groups is 1. The molecule has 1 aromatic heterocycles. The molecule has 1 atom stereocenters. The van der Waals surface area contributed by atoms with Gasteiger partial charge in [0.15, 0.2) is 17.1 Å². The molecule has 0 bridgehead atoms. The molecule has 0 saturated carbocycles. The fourth-order valence-corrected chi connectivity index (χ4v) is 4.13. The van der Waals surface area contributed by atoms with Gasteiger partial charge in [-0.3, -0.25) is 4.79 Å². The first kappa shape index (κ1) is 21.4. The maximum absolute atomic E-state index is 12.4. The van der Waals surface area contributed by atoms with Gasteiger partial charge in [-0.2, -0.15) is 0 Å². The lowest BCUT2D eigenvalue weighted by atomic mass is 10.2. The molecule has 8 heteroatoms. The zero-order valence-corrected chi connectivity index (χ0v) is 19.0. The van der Waals surface area contributed by atoms with Crippen LogP contribution in [0.4, 0.5) is 5.69 Å². The predicted molar refractivity (Wildman–Crippen MR) is 119 cm³/mol. The molecular formula is C21H23BrN4O2S. The molecular weight excluding hydrogens is 452 g/mol. The Morgan fingerprint density at radius 1 is 1.24 bits per heavy atom. The standard InChI is InChI=1S/C21H23BrN4O2S/c1-4-26-20(15(3)28-17-8-6-5-7-9-17)24-25-21(26)29-13-19(27)23-18-11-10-16(22)12-14(18)2/h5-12,15H,4,13H2,1-3H3,(H,23,27)/t15-/m0/s1. The molecule has 0 unspecified atom stereocenters. The molecule has 29 heavy (non-hydrogen) atoms. The molecule has 0 saturated heterocycles. The monoisotopic (exact) mass is 474 g/mol. The molecule has 3 aromatic rings. The highest BCUT2D eigenvalue weighted by atomic mass is 79.9. The number of carbonyl (C=O) groups is 1. The molecule has 1 heterocycles. The summed E-state index contributed by atoms with van der Waals surface area (Å²) in [6.45, 7) is 6.63. The summed E-state index contributed by atoms with van der Waals surface area (Å²) in [5.41, 5.74) is 1.81. The average Bonchev–Trinajstić information content (AvgIpc) is 3.12. The van der Waals surface area contributed by atoms with Gasteiger partial charge in [0.1, 0.15) is 5.75 Å². The van der Waals surface area contributed by atoms with Gasteiger partial charge in [-0.15, -0.1) is 10.2 Å². The van der Waals surface area contributed by atoms with Crippen molar-refractivity contribution >= 4 is 39.3 Å². The first-order valence-corrected chi connectivity index (χ1v) is 11.1. The van der Waals surface area contributed by atoms with Gasteiger partial charge in [0, 0.05) is 16.7 Å². The minimum atomic E-state index is -0.251. The third-order valence-electron chi connectivity index (χ3n) is 4.28. The summed E-state index contributed by atoms with van der Waals surface area (Å²) < 4.78 is 8.93. The Morgan fingerprint density at radius 3 is 2.69 bits per heavy atom. The summed E-state index contributed by atoms with van der Waals surface area (Å²) in [6, 6.07) is 15.4. The van der Waals surface area contributed by atoms with Gasteiger partial charge in [-0.1, -0.05) is 45.9 Å². The summed E-state index contributed by atoms with van der Waals surface area (Å²) in [7, 11) is 0. The molecule has 0 aliphatic rings. The second-order valence-electron chi connectivity index (χ2n) is 6.45. The number of ether oxygens (including phenoxy) is 1. The highest BCUT2D eigenvalue weighted by Gasteiger charge is 2.19. The Balaban J connectivity index is 1.63. The Labute approximate surface area is 183 Å². The minimum absolute atomic E-state index is 0.0822. The SMILES string of the molecule is CCn1c(SCC(=O)Nc2ccc(Br)cc2C)nnc1[C@H](C)Oc1ccccc1. The normalized spacial score (nSPS) is 11.9. The maximum atomic E-state index is 12.4. The lowest BCUT2D eigenvalue weighted by Gasteiger charge is -2.15. The van der Waals surface area contributed by atoms with E-state index in [1.807, 2.05) is 73.9 Å². The van der Waals surface area contributed by atoms with E-state index in [-0.39, 0.29) is 17.8 Å². The van der Waals surface area contributed by atoms with Crippen LogP contribution in [0.5, 0.6) is 5.75 Å². The Morgan fingerprint density at radius 2 is 2.00 bits per heavy atom. The number of nitrogens with zero attached hydrogens (tertiary/aromatic N) is 3. The third-order valence-corrected chi connectivity index (χ3v) is 5.74. The number of anilines is 1. The van der Waals surface area contributed by atoms with Crippen molar-refractivity contribution in [1.82, 2.24) is 14.8 Å². The first-order chi connectivity index (χ1) is 14.0. The van der Waals surface area contributed by atoms with Crippen molar-refractivity contribution in [2.45, 2.75) is 38.6 Å². The fourth-order valence-electron chi connectivity index (χ4n) is 2.84. The zero-order valence-electron chi connectivity index (χ0n) is 16.6. The van der Waals surface area contributed by atoms with Crippen LogP contribution < -0.4 is 10.1 Å². The summed E-state index contributed by atoms with van der Waals surface area (Å²) in [5.74, 6) is 1.69. The fraction of sp³-hybridized carbons (Fsp3) is 0.286. The summed E-state index contributed by atoms with van der Waals surface area (Å²) in [4.78, 5) is 12.4. The van der Waals surface area contributed by atoms with Crippen LogP contribution in [0, 0.1) is 6.92 Å². The minimum Gasteiger partial charge on any atom is -0.483 e. The number of hydrogen-bond acceptors (Lipinski definition) is 5. The number of halogens is 1. The summed E-state index contributed by atoms with van der Waals surface area (Å²) >= 11 is 4.79. The average molecular weight is 475 g/mol. The van der Waals surface area contributed by atoms with E-state index < -0.39 is 0 Å². The van der Waals surface area contributed by atoms with Crippen LogP contribution in [0.1, 0.15) is 31.3 Å². The maximum Gasteiger partial charge on any atom is 0.234 e. The van der Waals surface area contributed by atoms with Gasteiger partial charge in [-0.25, -0.2) is 0 Å². The predicted octanol–water partition coefficient (Wildman–Crippen LogP) is 5.24. The van der Waals surface area contributed by atoms with Gasteiger partial charge in [0.05, 0.1) is 5.75 Å². The molecule has 0 fully saturated rings.